The molecule has 2 N–H and O–H groups in total. The first-order valence-corrected chi connectivity index (χ1v) is 9.79. The number of carbonyl (C=O) groups is 1. The first-order valence-electron chi connectivity index (χ1n) is 9.41. The van der Waals surface area contributed by atoms with Gasteiger partial charge in [-0.25, -0.2) is 0 Å². The van der Waals surface area contributed by atoms with Crippen molar-refractivity contribution in [3.63, 3.8) is 0 Å². The Morgan fingerprint density at radius 3 is 2.38 bits per heavy atom. The van der Waals surface area contributed by atoms with Gasteiger partial charge in [-0.15, -0.1) is 0 Å². The molecule has 0 aliphatic heterocycles. The fraction of sp³-hybridized carbons (Fsp3) is 0.174. The molecule has 6 heteroatoms. The van der Waals surface area contributed by atoms with E-state index in [9.17, 15) is 4.79 Å². The van der Waals surface area contributed by atoms with Crippen molar-refractivity contribution in [2.75, 3.05) is 32.1 Å². The molecule has 0 saturated heterocycles. The average molecular weight is 412 g/mol. The number of likely N-dealkylation sites (N-methyl/N-ethyl adjacent to an activating group) is 1. The van der Waals surface area contributed by atoms with Crippen LogP contribution in [0.4, 0.5) is 5.69 Å². The number of halogens is 1. The van der Waals surface area contributed by atoms with E-state index in [4.69, 9.17) is 21.1 Å². The molecule has 5 nitrogen and oxygen atoms in total. The number of benzene rings is 3. The molecule has 3 rings (SSSR count). The van der Waals surface area contributed by atoms with Crippen LogP contribution in [0.2, 0.25) is 5.02 Å². The summed E-state index contributed by atoms with van der Waals surface area (Å²) in [6, 6.07) is 24.1. The normalized spacial score (nSPS) is 11.5. The largest absolute Gasteiger partial charge is 0.488 e. The van der Waals surface area contributed by atoms with Crippen LogP contribution >= 0.6 is 11.6 Å². The van der Waals surface area contributed by atoms with Crippen molar-refractivity contribution in [2.24, 2.45) is 0 Å². The molecule has 0 aromatic heterocycles. The van der Waals surface area contributed by atoms with E-state index >= 15 is 0 Å². The molecule has 0 radical (unpaired) electrons. The van der Waals surface area contributed by atoms with Gasteiger partial charge in [0.2, 0.25) is 0 Å². The summed E-state index contributed by atoms with van der Waals surface area (Å²) >= 11 is 5.86. The Morgan fingerprint density at radius 1 is 0.931 bits per heavy atom. The number of anilines is 1. The Labute approximate surface area is 175 Å². The van der Waals surface area contributed by atoms with Crippen molar-refractivity contribution in [1.29, 1.82) is 0 Å². The number of quaternary nitrogens is 1. The van der Waals surface area contributed by atoms with Crippen molar-refractivity contribution >= 4 is 23.2 Å². The molecule has 1 unspecified atom stereocenters. The molecule has 3 aromatic carbocycles. The van der Waals surface area contributed by atoms with Crippen LogP contribution in [0, 0.1) is 0 Å². The van der Waals surface area contributed by atoms with Crippen LogP contribution in [0.15, 0.2) is 78.9 Å². The predicted octanol–water partition coefficient (Wildman–Crippen LogP) is 3.66. The van der Waals surface area contributed by atoms with Crippen LogP contribution < -0.4 is 19.7 Å². The molecule has 1 amide bonds. The van der Waals surface area contributed by atoms with Crippen LogP contribution in [0.25, 0.3) is 0 Å². The number of ether oxygens (including phenoxy) is 2. The monoisotopic (exact) mass is 411 g/mol. The van der Waals surface area contributed by atoms with E-state index in [0.717, 1.165) is 16.4 Å². The second-order valence-corrected chi connectivity index (χ2v) is 7.08. The Bertz CT molecular complexity index is 917. The van der Waals surface area contributed by atoms with Crippen molar-refractivity contribution in [2.45, 2.75) is 0 Å². The van der Waals surface area contributed by atoms with E-state index in [1.807, 2.05) is 73.8 Å². The fourth-order valence-corrected chi connectivity index (χ4v) is 2.83. The van der Waals surface area contributed by atoms with Gasteiger partial charge >= 0.3 is 0 Å². The van der Waals surface area contributed by atoms with Crippen LogP contribution in [0.3, 0.4) is 0 Å². The molecular weight excluding hydrogens is 388 g/mol. The molecule has 0 spiro atoms. The number of para-hydroxylation sites is 3. The quantitative estimate of drug-likeness (QED) is 0.565. The third-order valence-electron chi connectivity index (χ3n) is 4.21. The van der Waals surface area contributed by atoms with E-state index in [1.165, 1.54) is 0 Å². The van der Waals surface area contributed by atoms with E-state index in [-0.39, 0.29) is 5.91 Å². The summed E-state index contributed by atoms with van der Waals surface area (Å²) in [6.07, 6.45) is 0. The minimum absolute atomic E-state index is 0.0851. The summed E-state index contributed by atoms with van der Waals surface area (Å²) in [5.74, 6) is 2.00. The Hall–Kier alpha value is -3.02. The van der Waals surface area contributed by atoms with Crippen molar-refractivity contribution in [3.8, 4) is 17.2 Å². The maximum atomic E-state index is 12.5. The second kappa shape index (κ2) is 10.5. The molecule has 0 aliphatic carbocycles. The van der Waals surface area contributed by atoms with Crippen LogP contribution in [-0.4, -0.2) is 32.7 Å². The lowest BCUT2D eigenvalue weighted by Crippen LogP contribution is -3.10. The summed E-state index contributed by atoms with van der Waals surface area (Å²) in [5, 5.41) is 3.61. The van der Waals surface area contributed by atoms with Crippen LogP contribution in [0.1, 0.15) is 0 Å². The zero-order valence-electron chi connectivity index (χ0n) is 16.2. The molecule has 0 saturated carbocycles. The highest BCUT2D eigenvalue weighted by Gasteiger charge is 2.13. The van der Waals surface area contributed by atoms with Gasteiger partial charge in [0.1, 0.15) is 24.7 Å². The van der Waals surface area contributed by atoms with Gasteiger partial charge in [0.05, 0.1) is 12.7 Å². The summed E-state index contributed by atoms with van der Waals surface area (Å²) in [4.78, 5) is 13.5. The first kappa shape index (κ1) is 20.7. The third-order valence-corrected chi connectivity index (χ3v) is 4.46. The minimum Gasteiger partial charge on any atom is -0.488 e. The van der Waals surface area contributed by atoms with Gasteiger partial charge in [-0.1, -0.05) is 41.9 Å². The Morgan fingerprint density at radius 2 is 1.62 bits per heavy atom. The number of carbonyl (C=O) groups excluding carboxylic acids is 1. The van der Waals surface area contributed by atoms with Gasteiger partial charge in [0.25, 0.3) is 5.91 Å². The molecular formula is C23H24ClN2O3+. The topological polar surface area (TPSA) is 52.0 Å². The molecule has 0 fully saturated rings. The van der Waals surface area contributed by atoms with Crippen molar-refractivity contribution in [3.05, 3.63) is 83.9 Å². The molecule has 0 bridgehead atoms. The fourth-order valence-electron chi connectivity index (χ4n) is 2.71. The van der Waals surface area contributed by atoms with E-state index in [2.05, 4.69) is 5.32 Å². The van der Waals surface area contributed by atoms with Crippen molar-refractivity contribution in [1.82, 2.24) is 0 Å². The number of amides is 1. The SMILES string of the molecule is C[NH+](CCOc1ccc(Cl)cc1)CC(=O)Nc1ccccc1Oc1ccccc1. The van der Waals surface area contributed by atoms with Gasteiger partial charge in [-0.05, 0) is 48.5 Å². The smallest absolute Gasteiger partial charge is 0.279 e. The standard InChI is InChI=1S/C23H23ClN2O3/c1-26(15-16-28-19-13-11-18(24)12-14-19)17-23(27)25-21-9-5-6-10-22(21)29-20-7-3-2-4-8-20/h2-14H,15-17H2,1H3,(H,25,27)/p+1. The number of nitrogens with one attached hydrogen (secondary N) is 2. The molecule has 1 atom stereocenters. The highest BCUT2D eigenvalue weighted by molar-refractivity contribution is 6.30. The van der Waals surface area contributed by atoms with E-state index in [0.29, 0.717) is 36.2 Å². The van der Waals surface area contributed by atoms with Gasteiger partial charge < -0.3 is 19.7 Å². The lowest BCUT2D eigenvalue weighted by molar-refractivity contribution is -0.871. The molecule has 3 aromatic rings. The zero-order valence-corrected chi connectivity index (χ0v) is 17.0. The summed E-state index contributed by atoms with van der Waals surface area (Å²) < 4.78 is 11.6. The first-order chi connectivity index (χ1) is 14.1. The van der Waals surface area contributed by atoms with E-state index in [1.54, 1.807) is 12.1 Å². The second-order valence-electron chi connectivity index (χ2n) is 6.65. The van der Waals surface area contributed by atoms with Crippen LogP contribution in [0.5, 0.6) is 17.2 Å². The minimum atomic E-state index is -0.0851. The summed E-state index contributed by atoms with van der Waals surface area (Å²) in [7, 11) is 1.96. The molecule has 150 valence electrons. The molecule has 0 aliphatic rings. The Balaban J connectivity index is 1.48. The number of hydrogen-bond donors (Lipinski definition) is 2. The zero-order chi connectivity index (χ0) is 20.5. The van der Waals surface area contributed by atoms with Crippen LogP contribution in [-0.2, 0) is 4.79 Å². The number of rotatable bonds is 9. The maximum Gasteiger partial charge on any atom is 0.279 e. The molecule has 29 heavy (non-hydrogen) atoms. The van der Waals surface area contributed by atoms with E-state index < -0.39 is 0 Å². The van der Waals surface area contributed by atoms with Crippen molar-refractivity contribution < 1.29 is 19.2 Å². The maximum absolute atomic E-state index is 12.5. The summed E-state index contributed by atoms with van der Waals surface area (Å²) in [6.45, 7) is 1.52. The van der Waals surface area contributed by atoms with Gasteiger partial charge in [0.15, 0.2) is 12.3 Å². The molecule has 0 heterocycles. The highest BCUT2D eigenvalue weighted by atomic mass is 35.5. The third kappa shape index (κ3) is 6.82. The highest BCUT2D eigenvalue weighted by Crippen LogP contribution is 2.28. The Kier molecular flexibility index (Phi) is 7.50. The number of hydrogen-bond acceptors (Lipinski definition) is 3. The average Bonchev–Trinajstić information content (AvgIpc) is 2.72. The van der Waals surface area contributed by atoms with Gasteiger partial charge in [-0.3, -0.25) is 4.79 Å². The lowest BCUT2D eigenvalue weighted by atomic mass is 10.2. The predicted molar refractivity (Wildman–Crippen MR) is 115 cm³/mol. The van der Waals surface area contributed by atoms with Gasteiger partial charge in [-0.2, -0.15) is 0 Å². The lowest BCUT2D eigenvalue weighted by Gasteiger charge is -2.16. The summed E-state index contributed by atoms with van der Waals surface area (Å²) in [5.41, 5.74) is 0.645. The van der Waals surface area contributed by atoms with Gasteiger partial charge in [0, 0.05) is 5.02 Å².